The molecule has 1 unspecified atom stereocenters. The number of primary amides is 1. The van der Waals surface area contributed by atoms with E-state index in [2.05, 4.69) is 21.7 Å². The number of aromatic nitrogens is 1. The van der Waals surface area contributed by atoms with E-state index < -0.39 is 12.1 Å². The number of carbonyl (C=O) groups is 2. The molecule has 0 saturated carbocycles. The summed E-state index contributed by atoms with van der Waals surface area (Å²) < 4.78 is 0. The number of thiazole rings is 1. The van der Waals surface area contributed by atoms with E-state index in [4.69, 9.17) is 5.73 Å². The van der Waals surface area contributed by atoms with Crippen molar-refractivity contribution in [3.8, 4) is 11.3 Å². The molecule has 1 heterocycles. The first-order chi connectivity index (χ1) is 10.4. The molecule has 0 aliphatic heterocycles. The van der Waals surface area contributed by atoms with Gasteiger partial charge in [-0.05, 0) is 26.3 Å². The first-order valence-corrected chi connectivity index (χ1v) is 7.65. The smallest absolute Gasteiger partial charge is 0.312 e. The maximum Gasteiger partial charge on any atom is 0.312 e. The van der Waals surface area contributed by atoms with Gasteiger partial charge in [-0.25, -0.2) is 9.78 Å². The van der Waals surface area contributed by atoms with Crippen LogP contribution in [0.2, 0.25) is 0 Å². The fourth-order valence-corrected chi connectivity index (χ4v) is 2.76. The Hall–Kier alpha value is -2.41. The van der Waals surface area contributed by atoms with Crippen LogP contribution in [-0.4, -0.2) is 23.0 Å². The van der Waals surface area contributed by atoms with Gasteiger partial charge in [0.2, 0.25) is 5.91 Å². The van der Waals surface area contributed by atoms with E-state index >= 15 is 0 Å². The summed E-state index contributed by atoms with van der Waals surface area (Å²) in [5.74, 6) is -0.361. The number of nitrogens with two attached hydrogens (primary N) is 1. The van der Waals surface area contributed by atoms with Gasteiger partial charge < -0.3 is 16.4 Å². The third kappa shape index (κ3) is 3.82. The third-order valence-electron chi connectivity index (χ3n) is 3.14. The summed E-state index contributed by atoms with van der Waals surface area (Å²) in [5, 5.41) is 7.36. The zero-order valence-electron chi connectivity index (χ0n) is 12.6. The number of anilines is 1. The highest BCUT2D eigenvalue weighted by atomic mass is 32.1. The van der Waals surface area contributed by atoms with Crippen LogP contribution in [0.4, 0.5) is 9.93 Å². The summed E-state index contributed by atoms with van der Waals surface area (Å²) in [6.45, 7) is 5.62. The van der Waals surface area contributed by atoms with Crippen LogP contribution >= 0.6 is 11.3 Å². The number of benzene rings is 1. The molecule has 1 atom stereocenters. The van der Waals surface area contributed by atoms with Gasteiger partial charge in [0.05, 0.1) is 5.69 Å². The lowest BCUT2D eigenvalue weighted by atomic mass is 10.0. The molecule has 4 N–H and O–H groups in total. The Morgan fingerprint density at radius 3 is 2.68 bits per heavy atom. The normalized spacial score (nSPS) is 11.8. The maximum atomic E-state index is 11.9. The minimum atomic E-state index is -0.738. The molecular weight excluding hydrogens is 300 g/mol. The Balaban J connectivity index is 2.11. The van der Waals surface area contributed by atoms with Crippen molar-refractivity contribution in [1.29, 1.82) is 0 Å². The van der Waals surface area contributed by atoms with Gasteiger partial charge in [0, 0.05) is 10.9 Å². The van der Waals surface area contributed by atoms with Crippen LogP contribution in [0.15, 0.2) is 23.6 Å². The van der Waals surface area contributed by atoms with Crippen LogP contribution in [0.25, 0.3) is 11.3 Å². The standard InChI is InChI=1S/C15H18N4O2S/c1-8-4-5-11(9(2)6-8)12-7-22-15(18-12)19-13(20)10(3)17-14(16)21/h4-7,10H,1-3H3,(H3,16,17,21)(H,18,19,20). The number of hydrogen-bond donors (Lipinski definition) is 3. The molecule has 0 aliphatic carbocycles. The molecular formula is C15H18N4O2S. The summed E-state index contributed by atoms with van der Waals surface area (Å²) >= 11 is 1.33. The SMILES string of the molecule is Cc1ccc(-c2csc(NC(=O)C(C)NC(N)=O)n2)c(C)c1. The predicted octanol–water partition coefficient (Wildman–Crippen LogP) is 2.42. The largest absolute Gasteiger partial charge is 0.352 e. The molecule has 0 fully saturated rings. The van der Waals surface area contributed by atoms with Crippen LogP contribution in [0, 0.1) is 13.8 Å². The third-order valence-corrected chi connectivity index (χ3v) is 3.90. The van der Waals surface area contributed by atoms with E-state index in [1.54, 1.807) is 6.92 Å². The summed E-state index contributed by atoms with van der Waals surface area (Å²) in [6, 6.07) is 4.68. The van der Waals surface area contributed by atoms with E-state index in [9.17, 15) is 9.59 Å². The van der Waals surface area contributed by atoms with Gasteiger partial charge in [0.25, 0.3) is 0 Å². The first kappa shape index (κ1) is 16.0. The first-order valence-electron chi connectivity index (χ1n) is 6.77. The van der Waals surface area contributed by atoms with Crippen LogP contribution in [0.5, 0.6) is 0 Å². The molecule has 0 saturated heterocycles. The van der Waals surface area contributed by atoms with Crippen molar-refractivity contribution in [2.24, 2.45) is 5.73 Å². The lowest BCUT2D eigenvalue weighted by molar-refractivity contribution is -0.117. The van der Waals surface area contributed by atoms with E-state index in [0.717, 1.165) is 16.8 Å². The molecule has 2 rings (SSSR count). The van der Waals surface area contributed by atoms with Gasteiger partial charge in [-0.2, -0.15) is 0 Å². The van der Waals surface area contributed by atoms with Crippen molar-refractivity contribution in [1.82, 2.24) is 10.3 Å². The van der Waals surface area contributed by atoms with Crippen LogP contribution in [0.3, 0.4) is 0 Å². The van der Waals surface area contributed by atoms with Gasteiger partial charge in [-0.1, -0.05) is 23.8 Å². The summed E-state index contributed by atoms with van der Waals surface area (Å²) in [6.07, 6.45) is 0. The highest BCUT2D eigenvalue weighted by molar-refractivity contribution is 7.14. The Labute approximate surface area is 132 Å². The number of nitrogens with zero attached hydrogens (tertiary/aromatic N) is 1. The molecule has 2 aromatic rings. The van der Waals surface area contributed by atoms with Crippen LogP contribution in [0.1, 0.15) is 18.1 Å². The second kappa shape index (κ2) is 6.57. The van der Waals surface area contributed by atoms with E-state index in [1.165, 1.54) is 16.9 Å². The number of urea groups is 1. The lowest BCUT2D eigenvalue weighted by Crippen LogP contribution is -2.44. The summed E-state index contributed by atoms with van der Waals surface area (Å²) in [4.78, 5) is 27.0. The molecule has 1 aromatic carbocycles. The van der Waals surface area contributed by atoms with E-state index in [1.807, 2.05) is 31.4 Å². The minimum Gasteiger partial charge on any atom is -0.352 e. The molecule has 3 amide bonds. The van der Waals surface area contributed by atoms with Crippen molar-refractivity contribution < 1.29 is 9.59 Å². The van der Waals surface area contributed by atoms with Crippen molar-refractivity contribution in [3.05, 3.63) is 34.7 Å². The van der Waals surface area contributed by atoms with Crippen LogP contribution in [-0.2, 0) is 4.79 Å². The molecule has 116 valence electrons. The average molecular weight is 318 g/mol. The molecule has 0 aliphatic rings. The van der Waals surface area contributed by atoms with Gasteiger partial charge in [0.1, 0.15) is 6.04 Å². The number of rotatable bonds is 4. The number of amides is 3. The second-order valence-electron chi connectivity index (χ2n) is 5.08. The molecule has 22 heavy (non-hydrogen) atoms. The van der Waals surface area contributed by atoms with Gasteiger partial charge >= 0.3 is 6.03 Å². The molecule has 6 nitrogen and oxygen atoms in total. The molecule has 0 spiro atoms. The van der Waals surface area contributed by atoms with Crippen molar-refractivity contribution in [3.63, 3.8) is 0 Å². The Bertz CT molecular complexity index is 711. The number of nitrogens with one attached hydrogen (secondary N) is 2. The van der Waals surface area contributed by atoms with Crippen molar-refractivity contribution in [2.75, 3.05) is 5.32 Å². The summed E-state index contributed by atoms with van der Waals surface area (Å²) in [5.41, 5.74) is 9.16. The number of carbonyl (C=O) groups excluding carboxylic acids is 2. The number of hydrogen-bond acceptors (Lipinski definition) is 4. The molecule has 0 bridgehead atoms. The maximum absolute atomic E-state index is 11.9. The van der Waals surface area contributed by atoms with E-state index in [0.29, 0.717) is 5.13 Å². The Morgan fingerprint density at radius 1 is 1.32 bits per heavy atom. The second-order valence-corrected chi connectivity index (χ2v) is 5.93. The molecule has 1 aromatic heterocycles. The fraction of sp³-hybridized carbons (Fsp3) is 0.267. The van der Waals surface area contributed by atoms with Crippen LogP contribution < -0.4 is 16.4 Å². The number of aryl methyl sites for hydroxylation is 2. The van der Waals surface area contributed by atoms with Gasteiger partial charge in [0.15, 0.2) is 5.13 Å². The molecule has 0 radical (unpaired) electrons. The Kier molecular flexibility index (Phi) is 4.77. The fourth-order valence-electron chi connectivity index (χ4n) is 2.05. The Morgan fingerprint density at radius 2 is 2.05 bits per heavy atom. The highest BCUT2D eigenvalue weighted by Gasteiger charge is 2.16. The minimum absolute atomic E-state index is 0.361. The van der Waals surface area contributed by atoms with Crippen molar-refractivity contribution >= 4 is 28.4 Å². The average Bonchev–Trinajstić information content (AvgIpc) is 2.86. The monoisotopic (exact) mass is 318 g/mol. The predicted molar refractivity (Wildman–Crippen MR) is 87.8 cm³/mol. The van der Waals surface area contributed by atoms with Gasteiger partial charge in [-0.15, -0.1) is 11.3 Å². The lowest BCUT2D eigenvalue weighted by Gasteiger charge is -2.10. The quantitative estimate of drug-likeness (QED) is 0.807. The van der Waals surface area contributed by atoms with Crippen molar-refractivity contribution in [2.45, 2.75) is 26.8 Å². The zero-order valence-corrected chi connectivity index (χ0v) is 13.5. The van der Waals surface area contributed by atoms with E-state index in [-0.39, 0.29) is 5.91 Å². The zero-order chi connectivity index (χ0) is 16.3. The molecule has 7 heteroatoms. The highest BCUT2D eigenvalue weighted by Crippen LogP contribution is 2.27. The summed E-state index contributed by atoms with van der Waals surface area (Å²) in [7, 11) is 0. The van der Waals surface area contributed by atoms with Gasteiger partial charge in [-0.3, -0.25) is 4.79 Å². The topological polar surface area (TPSA) is 97.1 Å².